The molecule has 0 aliphatic rings. The fraction of sp³-hybridized carbons (Fsp3) is 0.300. The predicted molar refractivity (Wildman–Crippen MR) is 55.0 cm³/mol. The van der Waals surface area contributed by atoms with Gasteiger partial charge in [0.25, 0.3) is 5.91 Å². The molecule has 0 saturated heterocycles. The number of nitrogens with zero attached hydrogens (tertiary/aromatic N) is 1. The standard InChI is InChI=1S/C10H11FN2O4/c1-17-8(10(15)16)5-13-9(14)6-2-3-12-4-7(6)11/h2-4,8H,5H2,1H3,(H,13,14)(H,15,16). The molecule has 1 atom stereocenters. The lowest BCUT2D eigenvalue weighted by atomic mass is 10.2. The monoisotopic (exact) mass is 242 g/mol. The number of pyridine rings is 1. The Kier molecular flexibility index (Phi) is 4.53. The molecule has 7 heteroatoms. The van der Waals surface area contributed by atoms with Crippen molar-refractivity contribution in [3.63, 3.8) is 0 Å². The minimum atomic E-state index is -1.21. The van der Waals surface area contributed by atoms with E-state index in [-0.39, 0.29) is 12.1 Å². The number of nitrogens with one attached hydrogen (secondary N) is 1. The lowest BCUT2D eigenvalue weighted by molar-refractivity contribution is -0.148. The highest BCUT2D eigenvalue weighted by molar-refractivity contribution is 5.94. The third-order valence-corrected chi connectivity index (χ3v) is 2.03. The second kappa shape index (κ2) is 5.90. The van der Waals surface area contributed by atoms with Crippen LogP contribution in [0, 0.1) is 5.82 Å². The van der Waals surface area contributed by atoms with Gasteiger partial charge in [-0.3, -0.25) is 9.78 Å². The number of carbonyl (C=O) groups excluding carboxylic acids is 1. The number of halogens is 1. The lowest BCUT2D eigenvalue weighted by Gasteiger charge is -2.11. The molecule has 0 fully saturated rings. The smallest absolute Gasteiger partial charge is 0.334 e. The molecule has 92 valence electrons. The van der Waals surface area contributed by atoms with Crippen molar-refractivity contribution in [1.29, 1.82) is 0 Å². The fourth-order valence-corrected chi connectivity index (χ4v) is 1.11. The number of methoxy groups -OCH3 is 1. The molecule has 0 spiro atoms. The Morgan fingerprint density at radius 3 is 2.88 bits per heavy atom. The zero-order chi connectivity index (χ0) is 12.8. The van der Waals surface area contributed by atoms with Gasteiger partial charge in [-0.05, 0) is 6.07 Å². The number of aliphatic carboxylic acids is 1. The maximum atomic E-state index is 13.1. The van der Waals surface area contributed by atoms with Crippen LogP contribution in [0.4, 0.5) is 4.39 Å². The average Bonchev–Trinajstić information content (AvgIpc) is 2.29. The van der Waals surface area contributed by atoms with Crippen molar-refractivity contribution in [1.82, 2.24) is 10.3 Å². The Morgan fingerprint density at radius 2 is 2.35 bits per heavy atom. The molecule has 17 heavy (non-hydrogen) atoms. The van der Waals surface area contributed by atoms with E-state index in [0.29, 0.717) is 0 Å². The minimum Gasteiger partial charge on any atom is -0.479 e. The first-order valence-corrected chi connectivity index (χ1v) is 4.69. The molecule has 0 aliphatic heterocycles. The van der Waals surface area contributed by atoms with Gasteiger partial charge >= 0.3 is 5.97 Å². The largest absolute Gasteiger partial charge is 0.479 e. The Bertz CT molecular complexity index is 425. The summed E-state index contributed by atoms with van der Waals surface area (Å²) in [6, 6.07) is 1.20. The molecular weight excluding hydrogens is 231 g/mol. The van der Waals surface area contributed by atoms with E-state index in [0.717, 1.165) is 6.20 Å². The van der Waals surface area contributed by atoms with Crippen molar-refractivity contribution in [2.75, 3.05) is 13.7 Å². The highest BCUT2D eigenvalue weighted by Crippen LogP contribution is 2.03. The van der Waals surface area contributed by atoms with Crippen LogP contribution in [0.3, 0.4) is 0 Å². The summed E-state index contributed by atoms with van der Waals surface area (Å²) in [5, 5.41) is 10.9. The molecule has 1 heterocycles. The third kappa shape index (κ3) is 3.49. The summed E-state index contributed by atoms with van der Waals surface area (Å²) in [7, 11) is 1.21. The average molecular weight is 242 g/mol. The van der Waals surface area contributed by atoms with Crippen molar-refractivity contribution in [3.05, 3.63) is 29.8 Å². The van der Waals surface area contributed by atoms with E-state index in [1.54, 1.807) is 0 Å². The molecule has 0 bridgehead atoms. The van der Waals surface area contributed by atoms with Gasteiger partial charge in [0.2, 0.25) is 0 Å². The SMILES string of the molecule is COC(CNC(=O)c1ccncc1F)C(=O)O. The number of carbonyl (C=O) groups is 2. The second-order valence-corrected chi connectivity index (χ2v) is 3.13. The molecular formula is C10H11FN2O4. The molecule has 1 rings (SSSR count). The van der Waals surface area contributed by atoms with Crippen LogP contribution in [0.25, 0.3) is 0 Å². The number of amides is 1. The highest BCUT2D eigenvalue weighted by Gasteiger charge is 2.18. The first-order chi connectivity index (χ1) is 8.06. The Balaban J connectivity index is 2.62. The van der Waals surface area contributed by atoms with Crippen molar-refractivity contribution in [2.24, 2.45) is 0 Å². The summed E-state index contributed by atoms with van der Waals surface area (Å²) < 4.78 is 17.7. The van der Waals surface area contributed by atoms with Crippen LogP contribution in [-0.2, 0) is 9.53 Å². The number of ether oxygens (including phenoxy) is 1. The minimum absolute atomic E-state index is 0.194. The molecule has 6 nitrogen and oxygen atoms in total. The van der Waals surface area contributed by atoms with E-state index in [1.165, 1.54) is 19.4 Å². The van der Waals surface area contributed by atoms with Gasteiger partial charge in [0.05, 0.1) is 18.3 Å². The molecule has 1 unspecified atom stereocenters. The van der Waals surface area contributed by atoms with Gasteiger partial charge in [-0.1, -0.05) is 0 Å². The Hall–Kier alpha value is -2.02. The van der Waals surface area contributed by atoms with Crippen molar-refractivity contribution in [2.45, 2.75) is 6.10 Å². The molecule has 1 aromatic heterocycles. The van der Waals surface area contributed by atoms with E-state index >= 15 is 0 Å². The predicted octanol–water partition coefficient (Wildman–Crippen LogP) is 0.0501. The van der Waals surface area contributed by atoms with Crippen LogP contribution in [-0.4, -0.2) is 41.7 Å². The number of aromatic nitrogens is 1. The third-order valence-electron chi connectivity index (χ3n) is 2.03. The van der Waals surface area contributed by atoms with Gasteiger partial charge in [0.1, 0.15) is 0 Å². The molecule has 2 N–H and O–H groups in total. The zero-order valence-electron chi connectivity index (χ0n) is 9.01. The number of carboxylic acids is 1. The van der Waals surface area contributed by atoms with Crippen molar-refractivity contribution >= 4 is 11.9 Å². The first-order valence-electron chi connectivity index (χ1n) is 4.69. The fourth-order valence-electron chi connectivity index (χ4n) is 1.11. The lowest BCUT2D eigenvalue weighted by Crippen LogP contribution is -2.38. The van der Waals surface area contributed by atoms with E-state index in [2.05, 4.69) is 15.0 Å². The van der Waals surface area contributed by atoms with Gasteiger partial charge in [0, 0.05) is 13.3 Å². The van der Waals surface area contributed by atoms with Crippen LogP contribution >= 0.6 is 0 Å². The van der Waals surface area contributed by atoms with Crippen LogP contribution in [0.2, 0.25) is 0 Å². The quantitative estimate of drug-likeness (QED) is 0.761. The summed E-state index contributed by atoms with van der Waals surface area (Å²) in [5.41, 5.74) is -0.194. The summed E-state index contributed by atoms with van der Waals surface area (Å²) in [5.74, 6) is -2.69. The molecule has 0 saturated carbocycles. The first kappa shape index (κ1) is 13.0. The van der Waals surface area contributed by atoms with Crippen LogP contribution < -0.4 is 5.32 Å². The Morgan fingerprint density at radius 1 is 1.65 bits per heavy atom. The molecule has 0 aliphatic carbocycles. The molecule has 0 aromatic carbocycles. The van der Waals surface area contributed by atoms with Crippen LogP contribution in [0.5, 0.6) is 0 Å². The van der Waals surface area contributed by atoms with Crippen LogP contribution in [0.15, 0.2) is 18.5 Å². The molecule has 0 radical (unpaired) electrons. The van der Waals surface area contributed by atoms with Crippen molar-refractivity contribution in [3.8, 4) is 0 Å². The molecule has 1 aromatic rings. The topological polar surface area (TPSA) is 88.5 Å². The number of carboxylic acid groups (broad SMARTS) is 1. The number of hydrogen-bond acceptors (Lipinski definition) is 4. The van der Waals surface area contributed by atoms with E-state index in [9.17, 15) is 14.0 Å². The normalized spacial score (nSPS) is 11.9. The zero-order valence-corrected chi connectivity index (χ0v) is 9.01. The summed E-state index contributed by atoms with van der Waals surface area (Å²) in [4.78, 5) is 25.6. The summed E-state index contributed by atoms with van der Waals surface area (Å²) in [6.45, 7) is -0.244. The maximum absolute atomic E-state index is 13.1. The van der Waals surface area contributed by atoms with Crippen LogP contribution in [0.1, 0.15) is 10.4 Å². The van der Waals surface area contributed by atoms with Crippen molar-refractivity contribution < 1.29 is 23.8 Å². The second-order valence-electron chi connectivity index (χ2n) is 3.13. The van der Waals surface area contributed by atoms with Gasteiger partial charge in [-0.25, -0.2) is 9.18 Å². The Labute approximate surface area is 96.4 Å². The van der Waals surface area contributed by atoms with E-state index < -0.39 is 23.8 Å². The summed E-state index contributed by atoms with van der Waals surface area (Å²) in [6.07, 6.45) is 1.01. The summed E-state index contributed by atoms with van der Waals surface area (Å²) >= 11 is 0. The number of rotatable bonds is 5. The van der Waals surface area contributed by atoms with Gasteiger partial charge in [-0.15, -0.1) is 0 Å². The van der Waals surface area contributed by atoms with Gasteiger partial charge in [0.15, 0.2) is 11.9 Å². The number of hydrogen-bond donors (Lipinski definition) is 2. The van der Waals surface area contributed by atoms with E-state index in [4.69, 9.17) is 5.11 Å². The van der Waals surface area contributed by atoms with E-state index in [1.807, 2.05) is 0 Å². The molecule has 1 amide bonds. The maximum Gasteiger partial charge on any atom is 0.334 e. The van der Waals surface area contributed by atoms with Gasteiger partial charge < -0.3 is 15.2 Å². The van der Waals surface area contributed by atoms with Gasteiger partial charge in [-0.2, -0.15) is 0 Å². The highest BCUT2D eigenvalue weighted by atomic mass is 19.1.